The predicted octanol–water partition coefficient (Wildman–Crippen LogP) is 0.232. The Morgan fingerprint density at radius 1 is 1.45 bits per heavy atom. The van der Waals surface area contributed by atoms with Crippen molar-refractivity contribution < 1.29 is 14.3 Å². The number of carbonyl (C=O) groups is 1. The van der Waals surface area contributed by atoms with Gasteiger partial charge in [0.1, 0.15) is 5.75 Å². The lowest BCUT2D eigenvalue weighted by Gasteiger charge is -2.30. The van der Waals surface area contributed by atoms with Crippen molar-refractivity contribution in [2.45, 2.75) is 12.6 Å². The monoisotopic (exact) mass is 307 g/mol. The highest BCUT2D eigenvalue weighted by Gasteiger charge is 2.17. The summed E-state index contributed by atoms with van der Waals surface area (Å²) in [5.74, 6) is 0.754. The summed E-state index contributed by atoms with van der Waals surface area (Å²) in [6.45, 7) is 4.06. The summed E-state index contributed by atoms with van der Waals surface area (Å²) >= 11 is 0. The summed E-state index contributed by atoms with van der Waals surface area (Å²) in [5, 5.41) is 6.03. The van der Waals surface area contributed by atoms with Gasteiger partial charge in [0.15, 0.2) is 0 Å². The van der Waals surface area contributed by atoms with Crippen LogP contribution in [0.5, 0.6) is 5.75 Å². The smallest absolute Gasteiger partial charge is 0.234 e. The van der Waals surface area contributed by atoms with E-state index >= 15 is 0 Å². The highest BCUT2D eigenvalue weighted by molar-refractivity contribution is 5.78. The number of ether oxygens (including phenoxy) is 2. The van der Waals surface area contributed by atoms with Crippen molar-refractivity contribution in [2.75, 3.05) is 46.9 Å². The first-order chi connectivity index (χ1) is 10.7. The van der Waals surface area contributed by atoms with Gasteiger partial charge in [0.05, 0.1) is 26.4 Å². The predicted molar refractivity (Wildman–Crippen MR) is 84.9 cm³/mol. The molecule has 1 saturated heterocycles. The molecular weight excluding hydrogens is 282 g/mol. The van der Waals surface area contributed by atoms with Crippen LogP contribution < -0.4 is 15.4 Å². The molecule has 22 heavy (non-hydrogen) atoms. The minimum atomic E-state index is -0.0323. The number of methoxy groups -OCH3 is 1. The molecule has 0 saturated carbocycles. The van der Waals surface area contributed by atoms with E-state index in [1.165, 1.54) is 0 Å². The van der Waals surface area contributed by atoms with Crippen LogP contribution in [0.15, 0.2) is 24.3 Å². The maximum Gasteiger partial charge on any atom is 0.234 e. The summed E-state index contributed by atoms with van der Waals surface area (Å²) < 4.78 is 10.9. The molecule has 1 aliphatic rings. The zero-order valence-electron chi connectivity index (χ0n) is 13.3. The largest absolute Gasteiger partial charge is 0.496 e. The molecule has 0 radical (unpaired) electrons. The topological polar surface area (TPSA) is 62.8 Å². The van der Waals surface area contributed by atoms with Gasteiger partial charge in [0.25, 0.3) is 0 Å². The number of likely N-dealkylation sites (N-methyl/N-ethyl adjacent to an activating group) is 1. The van der Waals surface area contributed by atoms with Gasteiger partial charge >= 0.3 is 0 Å². The van der Waals surface area contributed by atoms with Crippen molar-refractivity contribution in [3.05, 3.63) is 29.8 Å². The number of nitrogens with zero attached hydrogens (tertiary/aromatic N) is 1. The molecule has 1 aromatic rings. The molecule has 0 aromatic heterocycles. The number of amides is 1. The number of nitrogens with one attached hydrogen (secondary N) is 2. The quantitative estimate of drug-likeness (QED) is 0.755. The fourth-order valence-corrected chi connectivity index (χ4v) is 2.44. The normalized spacial score (nSPS) is 18.9. The first kappa shape index (κ1) is 16.7. The third kappa shape index (κ3) is 5.29. The second kappa shape index (κ2) is 8.73. The van der Waals surface area contributed by atoms with Crippen molar-refractivity contribution in [2.24, 2.45) is 0 Å². The molecule has 0 aliphatic carbocycles. The zero-order chi connectivity index (χ0) is 15.8. The molecule has 6 nitrogen and oxygen atoms in total. The summed E-state index contributed by atoms with van der Waals surface area (Å²) in [6, 6.07) is 7.67. The zero-order valence-corrected chi connectivity index (χ0v) is 13.3. The molecule has 1 fully saturated rings. The Bertz CT molecular complexity index is 481. The van der Waals surface area contributed by atoms with Gasteiger partial charge in [-0.2, -0.15) is 0 Å². The number of benzene rings is 1. The molecule has 2 rings (SSSR count). The van der Waals surface area contributed by atoms with Gasteiger partial charge in [-0.15, -0.1) is 0 Å². The lowest BCUT2D eigenvalue weighted by Crippen LogP contribution is -2.46. The van der Waals surface area contributed by atoms with Crippen molar-refractivity contribution in [3.8, 4) is 5.75 Å². The molecule has 1 aliphatic heterocycles. The van der Waals surface area contributed by atoms with E-state index in [4.69, 9.17) is 9.47 Å². The van der Waals surface area contributed by atoms with Crippen molar-refractivity contribution in [1.29, 1.82) is 0 Å². The van der Waals surface area contributed by atoms with E-state index in [2.05, 4.69) is 22.6 Å². The van der Waals surface area contributed by atoms with Crippen LogP contribution in [-0.4, -0.2) is 63.9 Å². The Morgan fingerprint density at radius 3 is 3.05 bits per heavy atom. The van der Waals surface area contributed by atoms with E-state index in [9.17, 15) is 4.79 Å². The van der Waals surface area contributed by atoms with Gasteiger partial charge in [-0.05, 0) is 13.1 Å². The Kier molecular flexibility index (Phi) is 6.64. The summed E-state index contributed by atoms with van der Waals surface area (Å²) in [7, 11) is 3.71. The minimum Gasteiger partial charge on any atom is -0.496 e. The molecule has 122 valence electrons. The SMILES string of the molecule is COc1ccccc1CNC(=O)CNCC1CN(C)CCO1. The lowest BCUT2D eigenvalue weighted by atomic mass is 10.2. The van der Waals surface area contributed by atoms with E-state index in [-0.39, 0.29) is 12.0 Å². The number of hydrogen-bond donors (Lipinski definition) is 2. The van der Waals surface area contributed by atoms with Crippen molar-refractivity contribution >= 4 is 5.91 Å². The number of para-hydroxylation sites is 1. The third-order valence-electron chi connectivity index (χ3n) is 3.67. The van der Waals surface area contributed by atoms with Gasteiger partial charge in [-0.1, -0.05) is 18.2 Å². The van der Waals surface area contributed by atoms with Crippen LogP contribution in [0, 0.1) is 0 Å². The van der Waals surface area contributed by atoms with Crippen molar-refractivity contribution in [3.63, 3.8) is 0 Å². The maximum atomic E-state index is 11.9. The van der Waals surface area contributed by atoms with E-state index in [1.807, 2.05) is 24.3 Å². The first-order valence-corrected chi connectivity index (χ1v) is 7.58. The molecule has 1 aromatic carbocycles. The second-order valence-corrected chi connectivity index (χ2v) is 5.47. The fourth-order valence-electron chi connectivity index (χ4n) is 2.44. The van der Waals surface area contributed by atoms with Gasteiger partial charge in [-0.25, -0.2) is 0 Å². The van der Waals surface area contributed by atoms with Crippen LogP contribution in [0.2, 0.25) is 0 Å². The number of carbonyl (C=O) groups excluding carboxylic acids is 1. The van der Waals surface area contributed by atoms with E-state index in [0.29, 0.717) is 19.6 Å². The van der Waals surface area contributed by atoms with Crippen LogP contribution in [-0.2, 0) is 16.1 Å². The fraction of sp³-hybridized carbons (Fsp3) is 0.562. The first-order valence-electron chi connectivity index (χ1n) is 7.58. The Labute approximate surface area is 131 Å². The number of rotatable bonds is 7. The minimum absolute atomic E-state index is 0.0323. The van der Waals surface area contributed by atoms with Gasteiger partial charge in [0, 0.05) is 31.7 Å². The molecule has 2 N–H and O–H groups in total. The van der Waals surface area contributed by atoms with Crippen LogP contribution in [0.25, 0.3) is 0 Å². The van der Waals surface area contributed by atoms with Crippen LogP contribution in [0.4, 0.5) is 0 Å². The average Bonchev–Trinajstić information content (AvgIpc) is 2.53. The van der Waals surface area contributed by atoms with Crippen LogP contribution >= 0.6 is 0 Å². The van der Waals surface area contributed by atoms with Gasteiger partial charge < -0.3 is 25.0 Å². The molecule has 1 atom stereocenters. The van der Waals surface area contributed by atoms with Crippen LogP contribution in [0.1, 0.15) is 5.56 Å². The third-order valence-corrected chi connectivity index (χ3v) is 3.67. The Hall–Kier alpha value is -1.63. The Balaban J connectivity index is 1.65. The molecule has 0 bridgehead atoms. The highest BCUT2D eigenvalue weighted by Crippen LogP contribution is 2.16. The summed E-state index contributed by atoms with van der Waals surface area (Å²) in [4.78, 5) is 14.1. The van der Waals surface area contributed by atoms with E-state index in [1.54, 1.807) is 7.11 Å². The molecule has 1 amide bonds. The molecule has 6 heteroatoms. The summed E-state index contributed by atoms with van der Waals surface area (Å²) in [5.41, 5.74) is 0.968. The molecule has 1 unspecified atom stereocenters. The van der Waals surface area contributed by atoms with Gasteiger partial charge in [0.2, 0.25) is 5.91 Å². The van der Waals surface area contributed by atoms with Crippen molar-refractivity contribution in [1.82, 2.24) is 15.5 Å². The average molecular weight is 307 g/mol. The highest BCUT2D eigenvalue weighted by atomic mass is 16.5. The Morgan fingerprint density at radius 2 is 2.27 bits per heavy atom. The van der Waals surface area contributed by atoms with Crippen LogP contribution in [0.3, 0.4) is 0 Å². The summed E-state index contributed by atoms with van der Waals surface area (Å²) in [6.07, 6.45) is 0.153. The molecule has 0 spiro atoms. The lowest BCUT2D eigenvalue weighted by molar-refractivity contribution is -0.120. The van der Waals surface area contributed by atoms with E-state index < -0.39 is 0 Å². The van der Waals surface area contributed by atoms with Gasteiger partial charge in [-0.3, -0.25) is 4.79 Å². The second-order valence-electron chi connectivity index (χ2n) is 5.47. The molecule has 1 heterocycles. The maximum absolute atomic E-state index is 11.9. The number of morpholine rings is 1. The standard InChI is InChI=1S/C16H25N3O3/c1-19-7-8-22-14(12-19)10-17-11-16(20)18-9-13-5-3-4-6-15(13)21-2/h3-6,14,17H,7-12H2,1-2H3,(H,18,20). The van der Waals surface area contributed by atoms with E-state index in [0.717, 1.165) is 31.0 Å². The molecular formula is C16H25N3O3. The number of hydrogen-bond acceptors (Lipinski definition) is 5.